The van der Waals surface area contributed by atoms with Crippen LogP contribution in [0.5, 0.6) is 0 Å². The van der Waals surface area contributed by atoms with Gasteiger partial charge >= 0.3 is 6.18 Å². The van der Waals surface area contributed by atoms with Crippen molar-refractivity contribution in [3.8, 4) is 0 Å². The summed E-state index contributed by atoms with van der Waals surface area (Å²) in [7, 11) is 0. The minimum atomic E-state index is -4.23. The molecule has 4 saturated carbocycles. The number of hydrogen-bond acceptors (Lipinski definition) is 0. The summed E-state index contributed by atoms with van der Waals surface area (Å²) < 4.78 is 45.2. The Kier molecular flexibility index (Phi) is 4.08. The van der Waals surface area contributed by atoms with Crippen LogP contribution >= 0.6 is 0 Å². The molecule has 0 N–H and O–H groups in total. The molecule has 0 spiro atoms. The highest BCUT2D eigenvalue weighted by atomic mass is 19.4. The molecule has 0 heterocycles. The summed E-state index contributed by atoms with van der Waals surface area (Å²) in [5.74, 6) is 0. The maximum Gasteiger partial charge on any atom is 0.394 e. The van der Waals surface area contributed by atoms with Gasteiger partial charge < -0.3 is 0 Å². The van der Waals surface area contributed by atoms with Gasteiger partial charge in [-0.1, -0.05) is 91.0 Å². The molecule has 0 saturated heterocycles. The zero-order valence-electron chi connectivity index (χ0n) is 18.0. The SMILES string of the molecule is FC(F)(F)C12CC3(c4ccccc4)CC(c4ccccc4)(CC(c4ccccc4)(C3)C1)C2. The maximum atomic E-state index is 15.1. The fraction of sp³-hybridized carbons (Fsp3) is 0.379. The van der Waals surface area contributed by atoms with Crippen molar-refractivity contribution < 1.29 is 13.2 Å². The Bertz CT molecular complexity index is 975. The van der Waals surface area contributed by atoms with Gasteiger partial charge in [0.05, 0.1) is 5.41 Å². The Morgan fingerprint density at radius 3 is 0.969 bits per heavy atom. The first-order chi connectivity index (χ1) is 15.3. The van der Waals surface area contributed by atoms with Gasteiger partial charge in [0.25, 0.3) is 0 Å². The number of alkyl halides is 3. The van der Waals surface area contributed by atoms with Crippen LogP contribution in [0.4, 0.5) is 13.2 Å². The maximum absolute atomic E-state index is 15.1. The summed E-state index contributed by atoms with van der Waals surface area (Å²) in [6.07, 6.45) is -1.24. The van der Waals surface area contributed by atoms with Crippen LogP contribution in [0.15, 0.2) is 91.0 Å². The van der Waals surface area contributed by atoms with Gasteiger partial charge in [0, 0.05) is 0 Å². The van der Waals surface area contributed by atoms with Gasteiger partial charge in [-0.3, -0.25) is 0 Å². The molecule has 3 aromatic carbocycles. The zero-order valence-corrected chi connectivity index (χ0v) is 18.0. The van der Waals surface area contributed by atoms with E-state index in [0.717, 1.165) is 36.0 Å². The zero-order chi connectivity index (χ0) is 22.1. The molecule has 3 heteroatoms. The van der Waals surface area contributed by atoms with E-state index in [1.807, 2.05) is 54.6 Å². The van der Waals surface area contributed by atoms with E-state index in [0.29, 0.717) is 0 Å². The molecule has 0 unspecified atom stereocenters. The van der Waals surface area contributed by atoms with E-state index in [1.54, 1.807) is 0 Å². The van der Waals surface area contributed by atoms with E-state index in [2.05, 4.69) is 36.4 Å². The average Bonchev–Trinajstić information content (AvgIpc) is 2.79. The van der Waals surface area contributed by atoms with Crippen LogP contribution in [-0.4, -0.2) is 6.18 Å². The van der Waals surface area contributed by atoms with Gasteiger partial charge in [-0.15, -0.1) is 0 Å². The molecule has 0 aliphatic heterocycles. The number of benzene rings is 3. The molecule has 32 heavy (non-hydrogen) atoms. The third-order valence-corrected chi connectivity index (χ3v) is 8.82. The van der Waals surface area contributed by atoms with Gasteiger partial charge in [0.1, 0.15) is 0 Å². The van der Waals surface area contributed by atoms with Crippen molar-refractivity contribution in [1.82, 2.24) is 0 Å². The van der Waals surface area contributed by atoms with Crippen LogP contribution in [0.2, 0.25) is 0 Å². The van der Waals surface area contributed by atoms with Crippen molar-refractivity contribution in [2.75, 3.05) is 0 Å². The first-order valence-corrected chi connectivity index (χ1v) is 11.5. The highest BCUT2D eigenvalue weighted by molar-refractivity contribution is 5.45. The molecule has 4 fully saturated rings. The number of halogens is 3. The summed E-state index contributed by atoms with van der Waals surface area (Å²) in [5.41, 5.74) is 0.143. The average molecular weight is 433 g/mol. The second-order valence-corrected chi connectivity index (χ2v) is 10.8. The van der Waals surface area contributed by atoms with Crippen molar-refractivity contribution in [2.24, 2.45) is 5.41 Å². The van der Waals surface area contributed by atoms with Crippen LogP contribution in [0, 0.1) is 5.41 Å². The first kappa shape index (κ1) is 20.1. The lowest BCUT2D eigenvalue weighted by atomic mass is 9.32. The van der Waals surface area contributed by atoms with E-state index in [4.69, 9.17) is 0 Å². The van der Waals surface area contributed by atoms with Crippen molar-refractivity contribution in [1.29, 1.82) is 0 Å². The van der Waals surface area contributed by atoms with Crippen molar-refractivity contribution in [2.45, 2.75) is 60.9 Å². The summed E-state index contributed by atoms with van der Waals surface area (Å²) in [6.45, 7) is 0. The third kappa shape index (κ3) is 2.69. The van der Waals surface area contributed by atoms with Crippen LogP contribution in [0.3, 0.4) is 0 Å². The van der Waals surface area contributed by atoms with Gasteiger partial charge in [-0.25, -0.2) is 0 Å². The fourth-order valence-corrected chi connectivity index (χ4v) is 8.23. The van der Waals surface area contributed by atoms with Gasteiger partial charge in [-0.05, 0) is 71.5 Å². The van der Waals surface area contributed by atoms with Gasteiger partial charge in [-0.2, -0.15) is 13.2 Å². The lowest BCUT2D eigenvalue weighted by Crippen LogP contribution is -2.68. The van der Waals surface area contributed by atoms with Crippen LogP contribution < -0.4 is 0 Å². The highest BCUT2D eigenvalue weighted by Crippen LogP contribution is 2.77. The van der Waals surface area contributed by atoms with E-state index in [1.165, 1.54) is 0 Å². The van der Waals surface area contributed by atoms with Crippen molar-refractivity contribution in [3.63, 3.8) is 0 Å². The predicted molar refractivity (Wildman–Crippen MR) is 121 cm³/mol. The smallest absolute Gasteiger partial charge is 0.171 e. The van der Waals surface area contributed by atoms with Crippen LogP contribution in [-0.2, 0) is 16.2 Å². The van der Waals surface area contributed by atoms with Gasteiger partial charge in [0.2, 0.25) is 0 Å². The largest absolute Gasteiger partial charge is 0.394 e. The van der Waals surface area contributed by atoms with Gasteiger partial charge in [0.15, 0.2) is 0 Å². The summed E-state index contributed by atoms with van der Waals surface area (Å²) in [6, 6.07) is 30.2. The molecule has 164 valence electrons. The summed E-state index contributed by atoms with van der Waals surface area (Å²) in [5, 5.41) is 0. The molecule has 0 atom stereocenters. The molecule has 0 aromatic heterocycles. The minimum absolute atomic E-state index is 0.205. The number of rotatable bonds is 3. The molecule has 0 amide bonds. The van der Waals surface area contributed by atoms with Crippen molar-refractivity contribution >= 4 is 0 Å². The fourth-order valence-electron chi connectivity index (χ4n) is 8.23. The quantitative estimate of drug-likeness (QED) is 0.397. The van der Waals surface area contributed by atoms with E-state index in [9.17, 15) is 0 Å². The molecule has 0 nitrogen and oxygen atoms in total. The monoisotopic (exact) mass is 432 g/mol. The van der Waals surface area contributed by atoms with Crippen molar-refractivity contribution in [3.05, 3.63) is 108 Å². The van der Waals surface area contributed by atoms with Crippen LogP contribution in [0.25, 0.3) is 0 Å². The topological polar surface area (TPSA) is 0 Å². The standard InChI is InChI=1S/C29H27F3/c30-29(31,32)28-19-25(22-10-4-1-5-11-22)16-26(20-28,23-12-6-2-7-13-23)18-27(17-25,21-28)24-14-8-3-9-15-24/h1-15H,16-21H2. The van der Waals surface area contributed by atoms with Crippen LogP contribution in [0.1, 0.15) is 55.2 Å². The Hall–Kier alpha value is -2.55. The Labute approximate surface area is 187 Å². The summed E-state index contributed by atoms with van der Waals surface area (Å²) in [4.78, 5) is 0. The van der Waals surface area contributed by atoms with E-state index < -0.39 is 27.8 Å². The summed E-state index contributed by atoms with van der Waals surface area (Å²) >= 11 is 0. The molecule has 4 bridgehead atoms. The molecular formula is C29H27F3. The lowest BCUT2D eigenvalue weighted by molar-refractivity contribution is -0.286. The second-order valence-electron chi connectivity index (χ2n) is 10.8. The molecule has 4 aliphatic rings. The minimum Gasteiger partial charge on any atom is -0.171 e. The van der Waals surface area contributed by atoms with E-state index >= 15 is 13.2 Å². The molecular weight excluding hydrogens is 405 g/mol. The normalized spacial score (nSPS) is 35.7. The Balaban J connectivity index is 1.65. The Morgan fingerprint density at radius 2 is 0.719 bits per heavy atom. The Morgan fingerprint density at radius 1 is 0.438 bits per heavy atom. The van der Waals surface area contributed by atoms with E-state index in [-0.39, 0.29) is 19.3 Å². The molecule has 3 aromatic rings. The second kappa shape index (κ2) is 6.50. The third-order valence-electron chi connectivity index (χ3n) is 8.82. The first-order valence-electron chi connectivity index (χ1n) is 11.5. The number of hydrogen-bond donors (Lipinski definition) is 0. The molecule has 7 rings (SSSR count). The lowest BCUT2D eigenvalue weighted by Gasteiger charge is -2.71. The molecule has 0 radical (unpaired) electrons. The predicted octanol–water partition coefficient (Wildman–Crippen LogP) is 7.73. The highest BCUT2D eigenvalue weighted by Gasteiger charge is 2.75. The molecule has 4 aliphatic carbocycles.